The lowest BCUT2D eigenvalue weighted by Crippen LogP contribution is -2.33. The molecule has 1 aliphatic carbocycles. The topological polar surface area (TPSA) is 21.3 Å². The number of hydrogen-bond acceptors (Lipinski definition) is 2. The summed E-state index contributed by atoms with van der Waals surface area (Å²) < 4.78 is 5.31. The Hall–Kier alpha value is -0.860. The molecular formula is C14H21NO. The maximum Gasteiger partial charge on any atom is 0.0657 e. The first-order valence-electron chi connectivity index (χ1n) is 6.20. The fraction of sp³-hybridized carbons (Fsp3) is 0.571. The summed E-state index contributed by atoms with van der Waals surface area (Å²) in [4.78, 5) is 0. The molecule has 16 heavy (non-hydrogen) atoms. The van der Waals surface area contributed by atoms with Crippen LogP contribution in [0.4, 0.5) is 0 Å². The molecule has 0 heterocycles. The number of ether oxygens (including phenoxy) is 1. The quantitative estimate of drug-likeness (QED) is 0.822. The van der Waals surface area contributed by atoms with E-state index in [1.54, 1.807) is 7.11 Å². The van der Waals surface area contributed by atoms with Crippen molar-refractivity contribution < 1.29 is 4.74 Å². The monoisotopic (exact) mass is 219 g/mol. The second-order valence-electron chi connectivity index (χ2n) is 4.57. The van der Waals surface area contributed by atoms with E-state index in [4.69, 9.17) is 4.74 Å². The zero-order valence-electron chi connectivity index (χ0n) is 9.99. The van der Waals surface area contributed by atoms with E-state index in [0.29, 0.717) is 12.1 Å². The van der Waals surface area contributed by atoms with E-state index in [0.717, 1.165) is 6.61 Å². The molecule has 1 aromatic carbocycles. The molecule has 2 rings (SSSR count). The third-order valence-electron chi connectivity index (χ3n) is 3.33. The van der Waals surface area contributed by atoms with Crippen molar-refractivity contribution in [1.29, 1.82) is 0 Å². The van der Waals surface area contributed by atoms with E-state index in [9.17, 15) is 0 Å². The van der Waals surface area contributed by atoms with Gasteiger partial charge in [0.05, 0.1) is 12.6 Å². The van der Waals surface area contributed by atoms with Crippen molar-refractivity contribution in [3.05, 3.63) is 35.9 Å². The summed E-state index contributed by atoms with van der Waals surface area (Å²) in [5.41, 5.74) is 1.33. The molecule has 0 aliphatic heterocycles. The number of rotatable bonds is 5. The number of methoxy groups -OCH3 is 1. The van der Waals surface area contributed by atoms with Crippen LogP contribution in [0.2, 0.25) is 0 Å². The second-order valence-corrected chi connectivity index (χ2v) is 4.57. The lowest BCUT2D eigenvalue weighted by Gasteiger charge is -2.22. The van der Waals surface area contributed by atoms with Gasteiger partial charge in [-0.25, -0.2) is 0 Å². The molecule has 0 aromatic heterocycles. The van der Waals surface area contributed by atoms with Gasteiger partial charge in [-0.2, -0.15) is 0 Å². The Balaban J connectivity index is 1.99. The average Bonchev–Trinajstić information content (AvgIpc) is 2.83. The van der Waals surface area contributed by atoms with Gasteiger partial charge in [0.1, 0.15) is 0 Å². The zero-order chi connectivity index (χ0) is 11.2. The van der Waals surface area contributed by atoms with Crippen LogP contribution >= 0.6 is 0 Å². The summed E-state index contributed by atoms with van der Waals surface area (Å²) in [5, 5.41) is 3.71. The molecule has 1 aliphatic rings. The van der Waals surface area contributed by atoms with Gasteiger partial charge in [0.25, 0.3) is 0 Å². The van der Waals surface area contributed by atoms with Crippen LogP contribution in [0.3, 0.4) is 0 Å². The Morgan fingerprint density at radius 1 is 1.25 bits per heavy atom. The molecule has 0 radical (unpaired) electrons. The van der Waals surface area contributed by atoms with Crippen LogP contribution in [0.25, 0.3) is 0 Å². The summed E-state index contributed by atoms with van der Waals surface area (Å²) in [6.45, 7) is 0.751. The van der Waals surface area contributed by atoms with Gasteiger partial charge in [-0.15, -0.1) is 0 Å². The summed E-state index contributed by atoms with van der Waals surface area (Å²) in [7, 11) is 1.77. The van der Waals surface area contributed by atoms with Gasteiger partial charge in [-0.05, 0) is 18.4 Å². The lowest BCUT2D eigenvalue weighted by molar-refractivity contribution is 0.161. The van der Waals surface area contributed by atoms with Crippen molar-refractivity contribution in [2.24, 2.45) is 0 Å². The first kappa shape index (κ1) is 11.6. The number of hydrogen-bond donors (Lipinski definition) is 1. The van der Waals surface area contributed by atoms with E-state index in [1.807, 2.05) is 0 Å². The summed E-state index contributed by atoms with van der Waals surface area (Å²) in [5.74, 6) is 0. The first-order chi connectivity index (χ1) is 7.90. The highest BCUT2D eigenvalue weighted by atomic mass is 16.5. The van der Waals surface area contributed by atoms with Gasteiger partial charge in [0.15, 0.2) is 0 Å². The van der Waals surface area contributed by atoms with E-state index in [1.165, 1.54) is 31.2 Å². The minimum absolute atomic E-state index is 0.342. The third kappa shape index (κ3) is 3.06. The molecule has 0 saturated heterocycles. The Morgan fingerprint density at radius 3 is 2.56 bits per heavy atom. The highest BCUT2D eigenvalue weighted by Crippen LogP contribution is 2.22. The molecule has 1 N–H and O–H groups in total. The van der Waals surface area contributed by atoms with Crippen LogP contribution in [-0.2, 0) is 4.74 Å². The van der Waals surface area contributed by atoms with Gasteiger partial charge in [0.2, 0.25) is 0 Å². The molecule has 2 nitrogen and oxygen atoms in total. The SMILES string of the molecule is COC[C@@H](NC1CCCC1)c1ccccc1. The second kappa shape index (κ2) is 6.02. The molecule has 1 saturated carbocycles. The van der Waals surface area contributed by atoms with Crippen LogP contribution < -0.4 is 5.32 Å². The van der Waals surface area contributed by atoms with Gasteiger partial charge < -0.3 is 10.1 Å². The summed E-state index contributed by atoms with van der Waals surface area (Å²) in [6, 6.07) is 11.6. The Bertz CT molecular complexity index is 293. The number of benzene rings is 1. The van der Waals surface area contributed by atoms with Crippen LogP contribution in [0, 0.1) is 0 Å². The minimum Gasteiger partial charge on any atom is -0.383 e. The lowest BCUT2D eigenvalue weighted by atomic mass is 10.1. The maximum absolute atomic E-state index is 5.31. The van der Waals surface area contributed by atoms with Crippen molar-refractivity contribution in [2.75, 3.05) is 13.7 Å². The van der Waals surface area contributed by atoms with Crippen LogP contribution in [-0.4, -0.2) is 19.8 Å². The van der Waals surface area contributed by atoms with E-state index in [-0.39, 0.29) is 0 Å². The predicted octanol–water partition coefficient (Wildman–Crippen LogP) is 2.91. The molecule has 2 heteroatoms. The van der Waals surface area contributed by atoms with Gasteiger partial charge in [-0.3, -0.25) is 0 Å². The van der Waals surface area contributed by atoms with Crippen molar-refractivity contribution in [1.82, 2.24) is 5.32 Å². The summed E-state index contributed by atoms with van der Waals surface area (Å²) >= 11 is 0. The Morgan fingerprint density at radius 2 is 1.94 bits per heavy atom. The molecule has 1 fully saturated rings. The molecular weight excluding hydrogens is 198 g/mol. The molecule has 0 unspecified atom stereocenters. The smallest absolute Gasteiger partial charge is 0.0657 e. The van der Waals surface area contributed by atoms with Gasteiger partial charge in [0, 0.05) is 13.2 Å². The van der Waals surface area contributed by atoms with Gasteiger partial charge in [-0.1, -0.05) is 43.2 Å². The molecule has 1 aromatic rings. The molecule has 88 valence electrons. The van der Waals surface area contributed by atoms with E-state index in [2.05, 4.69) is 35.6 Å². The fourth-order valence-corrected chi connectivity index (χ4v) is 2.47. The Kier molecular flexibility index (Phi) is 4.37. The first-order valence-corrected chi connectivity index (χ1v) is 6.20. The molecule has 0 bridgehead atoms. The largest absolute Gasteiger partial charge is 0.383 e. The highest BCUT2D eigenvalue weighted by Gasteiger charge is 2.19. The van der Waals surface area contributed by atoms with Crippen molar-refractivity contribution >= 4 is 0 Å². The number of nitrogens with one attached hydrogen (secondary N) is 1. The van der Waals surface area contributed by atoms with Crippen LogP contribution in [0.5, 0.6) is 0 Å². The summed E-state index contributed by atoms with van der Waals surface area (Å²) in [6.07, 6.45) is 5.36. The predicted molar refractivity (Wildman–Crippen MR) is 66.5 cm³/mol. The highest BCUT2D eigenvalue weighted by molar-refractivity contribution is 5.19. The van der Waals surface area contributed by atoms with E-state index < -0.39 is 0 Å². The van der Waals surface area contributed by atoms with Crippen molar-refractivity contribution in [2.45, 2.75) is 37.8 Å². The third-order valence-corrected chi connectivity index (χ3v) is 3.33. The average molecular weight is 219 g/mol. The van der Waals surface area contributed by atoms with Crippen molar-refractivity contribution in [3.8, 4) is 0 Å². The van der Waals surface area contributed by atoms with Gasteiger partial charge >= 0.3 is 0 Å². The molecule has 1 atom stereocenters. The van der Waals surface area contributed by atoms with Crippen LogP contribution in [0.1, 0.15) is 37.3 Å². The molecule has 0 spiro atoms. The normalized spacial score (nSPS) is 18.8. The Labute approximate surface area is 98.0 Å². The minimum atomic E-state index is 0.342. The standard InChI is InChI=1S/C14H21NO/c1-16-11-14(12-7-3-2-4-8-12)15-13-9-5-6-10-13/h2-4,7-8,13-15H,5-6,9-11H2,1H3/t14-/m1/s1. The maximum atomic E-state index is 5.31. The zero-order valence-corrected chi connectivity index (χ0v) is 9.99. The fourth-order valence-electron chi connectivity index (χ4n) is 2.47. The van der Waals surface area contributed by atoms with Crippen LogP contribution in [0.15, 0.2) is 30.3 Å². The molecule has 0 amide bonds. The van der Waals surface area contributed by atoms with Crippen molar-refractivity contribution in [3.63, 3.8) is 0 Å². The van der Waals surface area contributed by atoms with E-state index >= 15 is 0 Å².